The van der Waals surface area contributed by atoms with Gasteiger partial charge in [-0.2, -0.15) is 0 Å². The zero-order chi connectivity index (χ0) is 24.2. The minimum Gasteiger partial charge on any atom is -0.362 e. The lowest BCUT2D eigenvalue weighted by Gasteiger charge is -2.35. The van der Waals surface area contributed by atoms with E-state index in [9.17, 15) is 0 Å². The summed E-state index contributed by atoms with van der Waals surface area (Å²) in [5.74, 6) is 8.55. The molecule has 1 saturated heterocycles. The second kappa shape index (κ2) is 20.8. The van der Waals surface area contributed by atoms with Crippen molar-refractivity contribution in [2.24, 2.45) is 11.8 Å². The topological polar surface area (TPSA) is 12.5 Å². The molecule has 0 bridgehead atoms. The van der Waals surface area contributed by atoms with Crippen molar-refractivity contribution in [3.8, 4) is 11.8 Å². The molecule has 1 aliphatic rings. The van der Waals surface area contributed by atoms with E-state index in [1.165, 1.54) is 129 Å². The van der Waals surface area contributed by atoms with E-state index < -0.39 is 0 Å². The zero-order valence-electron chi connectivity index (χ0n) is 23.3. The first-order chi connectivity index (χ1) is 16.1. The maximum atomic E-state index is 6.38. The fraction of sp³-hybridized carbons (Fsp3) is 0.935. The van der Waals surface area contributed by atoms with Crippen LogP contribution in [0.15, 0.2) is 0 Å². The van der Waals surface area contributed by atoms with Crippen LogP contribution in [-0.2, 0) is 4.74 Å². The van der Waals surface area contributed by atoms with Gasteiger partial charge in [0.05, 0.1) is 6.10 Å². The van der Waals surface area contributed by atoms with Crippen LogP contribution in [0.5, 0.6) is 0 Å². The molecule has 33 heavy (non-hydrogen) atoms. The first-order valence-electron chi connectivity index (χ1n) is 15.0. The van der Waals surface area contributed by atoms with Crippen molar-refractivity contribution in [1.29, 1.82) is 0 Å². The molecule has 0 aromatic rings. The molecule has 0 saturated carbocycles. The Labute approximate surface area is 209 Å². The van der Waals surface area contributed by atoms with Gasteiger partial charge < -0.3 is 9.64 Å². The number of ether oxygens (including phenoxy) is 1. The number of piperidine rings is 1. The molecule has 0 amide bonds. The van der Waals surface area contributed by atoms with Gasteiger partial charge in [0.2, 0.25) is 0 Å². The SMILES string of the molecule is CCCCCCC(CCCC)CN1CCC(O[C@@H](C)C#CC(CCCC)CCCCC)CC1. The summed E-state index contributed by atoms with van der Waals surface area (Å²) in [6, 6.07) is 0. The highest BCUT2D eigenvalue weighted by molar-refractivity contribution is 5.07. The van der Waals surface area contributed by atoms with E-state index in [0.29, 0.717) is 12.0 Å². The molecule has 0 N–H and O–H groups in total. The van der Waals surface area contributed by atoms with Crippen molar-refractivity contribution in [2.75, 3.05) is 19.6 Å². The quantitative estimate of drug-likeness (QED) is 0.140. The highest BCUT2D eigenvalue weighted by Gasteiger charge is 2.23. The van der Waals surface area contributed by atoms with Gasteiger partial charge in [-0.15, -0.1) is 0 Å². The summed E-state index contributed by atoms with van der Waals surface area (Å²) < 4.78 is 6.38. The number of likely N-dealkylation sites (tertiary alicyclic amines) is 1. The zero-order valence-corrected chi connectivity index (χ0v) is 23.3. The van der Waals surface area contributed by atoms with Gasteiger partial charge in [-0.3, -0.25) is 0 Å². The van der Waals surface area contributed by atoms with Crippen molar-refractivity contribution in [1.82, 2.24) is 4.90 Å². The number of hydrogen-bond donors (Lipinski definition) is 0. The monoisotopic (exact) mass is 461 g/mol. The molecule has 0 aromatic heterocycles. The third-order valence-corrected chi connectivity index (χ3v) is 7.43. The second-order valence-corrected chi connectivity index (χ2v) is 10.8. The summed E-state index contributed by atoms with van der Waals surface area (Å²) in [5, 5.41) is 0. The molecule has 1 rings (SSSR count). The third kappa shape index (κ3) is 15.9. The molecule has 1 heterocycles. The Morgan fingerprint density at radius 1 is 0.697 bits per heavy atom. The molecule has 194 valence electrons. The molecule has 2 unspecified atom stereocenters. The average Bonchev–Trinajstić information content (AvgIpc) is 2.82. The first kappa shape index (κ1) is 30.5. The Kier molecular flexibility index (Phi) is 19.2. The van der Waals surface area contributed by atoms with Gasteiger partial charge >= 0.3 is 0 Å². The molecule has 2 nitrogen and oxygen atoms in total. The Hall–Kier alpha value is -0.520. The molecular formula is C31H59NO. The van der Waals surface area contributed by atoms with Crippen molar-refractivity contribution < 1.29 is 4.74 Å². The predicted octanol–water partition coefficient (Wildman–Crippen LogP) is 9.02. The van der Waals surface area contributed by atoms with Crippen LogP contribution in [-0.4, -0.2) is 36.7 Å². The molecule has 1 aliphatic heterocycles. The number of nitrogens with zero attached hydrogens (tertiary/aromatic N) is 1. The Balaban J connectivity index is 2.39. The van der Waals surface area contributed by atoms with Gasteiger partial charge in [0.1, 0.15) is 6.10 Å². The van der Waals surface area contributed by atoms with Gasteiger partial charge in [0, 0.05) is 25.6 Å². The van der Waals surface area contributed by atoms with E-state index in [2.05, 4.69) is 51.4 Å². The number of hydrogen-bond acceptors (Lipinski definition) is 2. The third-order valence-electron chi connectivity index (χ3n) is 7.43. The Morgan fingerprint density at radius 2 is 1.24 bits per heavy atom. The Morgan fingerprint density at radius 3 is 1.91 bits per heavy atom. The van der Waals surface area contributed by atoms with Crippen molar-refractivity contribution in [2.45, 2.75) is 156 Å². The van der Waals surface area contributed by atoms with E-state index in [0.717, 1.165) is 5.92 Å². The van der Waals surface area contributed by atoms with Gasteiger partial charge in [-0.25, -0.2) is 0 Å². The van der Waals surface area contributed by atoms with Gasteiger partial charge in [0.15, 0.2) is 0 Å². The molecule has 1 fully saturated rings. The smallest absolute Gasteiger partial charge is 0.115 e. The van der Waals surface area contributed by atoms with E-state index >= 15 is 0 Å². The van der Waals surface area contributed by atoms with Crippen LogP contribution in [0.25, 0.3) is 0 Å². The molecule has 0 aromatic carbocycles. The average molecular weight is 462 g/mol. The Bertz CT molecular complexity index is 485. The van der Waals surface area contributed by atoms with Crippen LogP contribution in [0, 0.1) is 23.7 Å². The van der Waals surface area contributed by atoms with Gasteiger partial charge in [-0.05, 0) is 51.4 Å². The molecular weight excluding hydrogens is 402 g/mol. The van der Waals surface area contributed by atoms with Crippen molar-refractivity contribution >= 4 is 0 Å². The van der Waals surface area contributed by atoms with E-state index in [4.69, 9.17) is 4.74 Å². The number of rotatable bonds is 19. The normalized spacial score (nSPS) is 18.0. The summed E-state index contributed by atoms with van der Waals surface area (Å²) in [4.78, 5) is 2.73. The van der Waals surface area contributed by atoms with Crippen LogP contribution in [0.1, 0.15) is 144 Å². The molecule has 0 aliphatic carbocycles. The fourth-order valence-electron chi connectivity index (χ4n) is 5.21. The molecule has 3 atom stereocenters. The van der Waals surface area contributed by atoms with Crippen molar-refractivity contribution in [3.05, 3.63) is 0 Å². The summed E-state index contributed by atoms with van der Waals surface area (Å²) in [6.45, 7) is 15.1. The molecule has 2 heteroatoms. The van der Waals surface area contributed by atoms with Crippen LogP contribution < -0.4 is 0 Å². The van der Waals surface area contributed by atoms with Crippen LogP contribution >= 0.6 is 0 Å². The maximum Gasteiger partial charge on any atom is 0.115 e. The highest BCUT2D eigenvalue weighted by Crippen LogP contribution is 2.22. The van der Waals surface area contributed by atoms with Gasteiger partial charge in [-0.1, -0.05) is 110 Å². The lowest BCUT2D eigenvalue weighted by molar-refractivity contribution is -0.0146. The van der Waals surface area contributed by atoms with E-state index in [1.807, 2.05) is 0 Å². The first-order valence-corrected chi connectivity index (χ1v) is 15.0. The van der Waals surface area contributed by atoms with Crippen molar-refractivity contribution in [3.63, 3.8) is 0 Å². The highest BCUT2D eigenvalue weighted by atomic mass is 16.5. The predicted molar refractivity (Wildman–Crippen MR) is 147 cm³/mol. The largest absolute Gasteiger partial charge is 0.362 e. The lowest BCUT2D eigenvalue weighted by Crippen LogP contribution is -2.40. The fourth-order valence-corrected chi connectivity index (χ4v) is 5.21. The minimum atomic E-state index is 0.0766. The summed E-state index contributed by atoms with van der Waals surface area (Å²) in [6.07, 6.45) is 23.1. The standard InChI is InChI=1S/C31H59NO/c1-6-10-14-16-20-30(18-13-9-4)27-32-25-23-31(24-26-32)33-28(5)21-22-29(17-12-8-3)19-15-11-7-2/h28-31H,6-20,23-27H2,1-5H3/t28-,29?,30?/m0/s1. The summed E-state index contributed by atoms with van der Waals surface area (Å²) >= 11 is 0. The molecule has 0 radical (unpaired) electrons. The summed E-state index contributed by atoms with van der Waals surface area (Å²) in [7, 11) is 0. The number of unbranched alkanes of at least 4 members (excludes halogenated alkanes) is 7. The van der Waals surface area contributed by atoms with Gasteiger partial charge in [0.25, 0.3) is 0 Å². The lowest BCUT2D eigenvalue weighted by atomic mass is 9.93. The minimum absolute atomic E-state index is 0.0766. The molecule has 0 spiro atoms. The van der Waals surface area contributed by atoms with E-state index in [-0.39, 0.29) is 6.10 Å². The van der Waals surface area contributed by atoms with Crippen LogP contribution in [0.2, 0.25) is 0 Å². The van der Waals surface area contributed by atoms with Crippen LogP contribution in [0.3, 0.4) is 0 Å². The maximum absolute atomic E-state index is 6.38. The summed E-state index contributed by atoms with van der Waals surface area (Å²) in [5.41, 5.74) is 0. The van der Waals surface area contributed by atoms with Crippen LogP contribution in [0.4, 0.5) is 0 Å². The second-order valence-electron chi connectivity index (χ2n) is 10.8. The van der Waals surface area contributed by atoms with E-state index in [1.54, 1.807) is 0 Å².